The molecule has 1 unspecified atom stereocenters. The van der Waals surface area contributed by atoms with E-state index in [9.17, 15) is 12.8 Å². The highest BCUT2D eigenvalue weighted by atomic mass is 32.2. The van der Waals surface area contributed by atoms with Crippen molar-refractivity contribution in [2.45, 2.75) is 31.3 Å². The summed E-state index contributed by atoms with van der Waals surface area (Å²) in [6.45, 7) is 3.38. The molecular formula is C12H14FNO2S. The molecule has 0 N–H and O–H groups in total. The maximum Gasteiger partial charge on any atom is 0.157 e. The lowest BCUT2D eigenvalue weighted by Crippen LogP contribution is -2.19. The van der Waals surface area contributed by atoms with Gasteiger partial charge in [0.15, 0.2) is 9.84 Å². The number of hydrogen-bond acceptors (Lipinski definition) is 3. The summed E-state index contributed by atoms with van der Waals surface area (Å²) in [5, 5.41) is 8.09. The molecule has 0 fully saturated rings. The molecule has 0 spiro atoms. The Morgan fingerprint density at radius 2 is 2.12 bits per heavy atom. The van der Waals surface area contributed by atoms with Crippen molar-refractivity contribution in [1.29, 1.82) is 5.26 Å². The van der Waals surface area contributed by atoms with Crippen LogP contribution in [-0.2, 0) is 15.6 Å². The largest absolute Gasteiger partial charge is 0.228 e. The topological polar surface area (TPSA) is 57.9 Å². The fourth-order valence-corrected chi connectivity index (χ4v) is 2.81. The fraction of sp³-hybridized carbons (Fsp3) is 0.417. The average Bonchev–Trinajstić information content (AvgIpc) is 2.30. The monoisotopic (exact) mass is 255 g/mol. The Labute approximate surface area is 101 Å². The summed E-state index contributed by atoms with van der Waals surface area (Å²) in [5.74, 6) is -0.963. The van der Waals surface area contributed by atoms with E-state index in [4.69, 9.17) is 5.26 Å². The third-order valence-electron chi connectivity index (χ3n) is 2.73. The van der Waals surface area contributed by atoms with Crippen molar-refractivity contribution in [3.63, 3.8) is 0 Å². The molecule has 0 aliphatic carbocycles. The van der Waals surface area contributed by atoms with E-state index < -0.39 is 20.9 Å². The van der Waals surface area contributed by atoms with Gasteiger partial charge in [-0.3, -0.25) is 0 Å². The zero-order chi connectivity index (χ0) is 13.1. The van der Waals surface area contributed by atoms with Gasteiger partial charge in [-0.15, -0.1) is 0 Å². The molecule has 0 aromatic heterocycles. The first-order valence-corrected chi connectivity index (χ1v) is 7.02. The van der Waals surface area contributed by atoms with Crippen LogP contribution in [0.1, 0.15) is 31.4 Å². The first-order chi connectivity index (χ1) is 7.90. The summed E-state index contributed by atoms with van der Waals surface area (Å²) in [6, 6.07) is 5.64. The lowest BCUT2D eigenvalue weighted by atomic mass is 10.1. The van der Waals surface area contributed by atoms with Crippen molar-refractivity contribution in [3.8, 4) is 6.07 Å². The smallest absolute Gasteiger partial charge is 0.157 e. The predicted octanol–water partition coefficient (Wildman–Crippen LogP) is 2.41. The van der Waals surface area contributed by atoms with Gasteiger partial charge in [-0.2, -0.15) is 5.26 Å². The van der Waals surface area contributed by atoms with E-state index in [0.717, 1.165) is 6.07 Å². The molecular weight excluding hydrogens is 241 g/mol. The summed E-state index contributed by atoms with van der Waals surface area (Å²) in [5.41, 5.74) is 0.302. The van der Waals surface area contributed by atoms with E-state index in [-0.39, 0.29) is 16.9 Å². The Morgan fingerprint density at radius 1 is 1.47 bits per heavy atom. The zero-order valence-electron chi connectivity index (χ0n) is 9.77. The van der Waals surface area contributed by atoms with E-state index in [1.807, 2.05) is 0 Å². The molecule has 0 bridgehead atoms. The third kappa shape index (κ3) is 3.27. The van der Waals surface area contributed by atoms with Gasteiger partial charge < -0.3 is 0 Å². The van der Waals surface area contributed by atoms with Crippen LogP contribution in [0.3, 0.4) is 0 Å². The Kier molecular flexibility index (Phi) is 4.24. The number of benzene rings is 1. The Morgan fingerprint density at radius 3 is 2.59 bits per heavy atom. The third-order valence-corrected chi connectivity index (χ3v) is 5.00. The van der Waals surface area contributed by atoms with Crippen molar-refractivity contribution >= 4 is 9.84 Å². The Hall–Kier alpha value is -1.41. The molecule has 92 valence electrons. The number of halogens is 1. The minimum atomic E-state index is -3.33. The molecule has 1 rings (SSSR count). The lowest BCUT2D eigenvalue weighted by molar-refractivity contribution is 0.574. The maximum atomic E-state index is 13.5. The molecule has 0 radical (unpaired) electrons. The molecule has 0 aliphatic rings. The van der Waals surface area contributed by atoms with Crippen molar-refractivity contribution in [1.82, 2.24) is 0 Å². The van der Waals surface area contributed by atoms with E-state index in [0.29, 0.717) is 6.42 Å². The van der Waals surface area contributed by atoms with Crippen LogP contribution in [0.5, 0.6) is 0 Å². The average molecular weight is 255 g/mol. The van der Waals surface area contributed by atoms with Gasteiger partial charge in [0.25, 0.3) is 0 Å². The van der Waals surface area contributed by atoms with Crippen LogP contribution in [0, 0.1) is 17.1 Å². The number of nitriles is 1. The summed E-state index contributed by atoms with van der Waals surface area (Å²) in [6.07, 6.45) is 0.500. The normalized spacial score (nSPS) is 13.1. The highest BCUT2D eigenvalue weighted by Gasteiger charge is 2.21. The Balaban J connectivity index is 3.02. The van der Waals surface area contributed by atoms with Gasteiger partial charge in [0.2, 0.25) is 0 Å². The highest BCUT2D eigenvalue weighted by molar-refractivity contribution is 7.91. The quantitative estimate of drug-likeness (QED) is 0.830. The molecule has 3 nitrogen and oxygen atoms in total. The van der Waals surface area contributed by atoms with Gasteiger partial charge in [-0.1, -0.05) is 13.0 Å². The fourth-order valence-electron chi connectivity index (χ4n) is 1.35. The van der Waals surface area contributed by atoms with Crippen molar-refractivity contribution in [2.24, 2.45) is 0 Å². The van der Waals surface area contributed by atoms with Crippen LogP contribution in [-0.4, -0.2) is 13.7 Å². The minimum absolute atomic E-state index is 0.115. The Bertz CT molecular complexity index is 546. The minimum Gasteiger partial charge on any atom is -0.228 e. The van der Waals surface area contributed by atoms with E-state index in [2.05, 4.69) is 0 Å². The van der Waals surface area contributed by atoms with E-state index in [1.165, 1.54) is 12.1 Å². The van der Waals surface area contributed by atoms with E-state index >= 15 is 0 Å². The van der Waals surface area contributed by atoms with Crippen LogP contribution in [0.4, 0.5) is 4.39 Å². The summed E-state index contributed by atoms with van der Waals surface area (Å²) in [7, 11) is -3.33. The summed E-state index contributed by atoms with van der Waals surface area (Å²) >= 11 is 0. The lowest BCUT2D eigenvalue weighted by Gasteiger charge is -2.11. The number of nitrogens with zero attached hydrogens (tertiary/aromatic N) is 1. The van der Waals surface area contributed by atoms with Gasteiger partial charge in [0, 0.05) is 5.56 Å². The van der Waals surface area contributed by atoms with Crippen molar-refractivity contribution in [3.05, 3.63) is 35.1 Å². The van der Waals surface area contributed by atoms with Crippen LogP contribution in [0.25, 0.3) is 0 Å². The summed E-state index contributed by atoms with van der Waals surface area (Å²) < 4.78 is 37.1. The van der Waals surface area contributed by atoms with Gasteiger partial charge in [0.05, 0.1) is 22.6 Å². The molecule has 0 saturated carbocycles. The molecule has 0 heterocycles. The maximum absolute atomic E-state index is 13.5. The second kappa shape index (κ2) is 5.28. The molecule has 5 heteroatoms. The molecule has 1 aromatic rings. The van der Waals surface area contributed by atoms with Gasteiger partial charge in [-0.25, -0.2) is 12.8 Å². The van der Waals surface area contributed by atoms with E-state index in [1.54, 1.807) is 19.9 Å². The van der Waals surface area contributed by atoms with Crippen LogP contribution < -0.4 is 0 Å². The van der Waals surface area contributed by atoms with Crippen LogP contribution in [0.15, 0.2) is 18.2 Å². The van der Waals surface area contributed by atoms with Gasteiger partial charge >= 0.3 is 0 Å². The molecule has 0 aliphatic heterocycles. The number of sulfone groups is 1. The van der Waals surface area contributed by atoms with Gasteiger partial charge in [-0.05, 0) is 25.5 Å². The molecule has 1 aromatic carbocycles. The molecule has 1 atom stereocenters. The van der Waals surface area contributed by atoms with Gasteiger partial charge in [0.1, 0.15) is 5.82 Å². The molecule has 0 amide bonds. The SMILES string of the molecule is CCC(C)S(=O)(=O)Cc1ccc(C#N)cc1F. The predicted molar refractivity (Wildman–Crippen MR) is 63.5 cm³/mol. The molecule has 17 heavy (non-hydrogen) atoms. The number of hydrogen-bond donors (Lipinski definition) is 0. The highest BCUT2D eigenvalue weighted by Crippen LogP contribution is 2.17. The van der Waals surface area contributed by atoms with Crippen molar-refractivity contribution in [2.75, 3.05) is 0 Å². The second-order valence-electron chi connectivity index (χ2n) is 3.94. The van der Waals surface area contributed by atoms with Crippen molar-refractivity contribution < 1.29 is 12.8 Å². The zero-order valence-corrected chi connectivity index (χ0v) is 10.6. The standard InChI is InChI=1S/C12H14FNO2S/c1-3-9(2)17(15,16)8-11-5-4-10(7-14)6-12(11)13/h4-6,9H,3,8H2,1-2H3. The second-order valence-corrected chi connectivity index (χ2v) is 6.36. The first kappa shape index (κ1) is 13.7. The number of rotatable bonds is 4. The van der Waals surface area contributed by atoms with Crippen LogP contribution in [0.2, 0.25) is 0 Å². The molecule has 0 saturated heterocycles. The van der Waals surface area contributed by atoms with Crippen LogP contribution >= 0.6 is 0 Å². The first-order valence-electron chi connectivity index (χ1n) is 5.30. The summed E-state index contributed by atoms with van der Waals surface area (Å²) in [4.78, 5) is 0.